The van der Waals surface area contributed by atoms with Crippen molar-refractivity contribution in [3.8, 4) is 0 Å². The molecule has 0 fully saturated rings. The molecule has 1 aromatic carbocycles. The maximum atomic E-state index is 11.9. The SMILES string of the molecule is Cc1ccccc1CC(=O)N[C@@H](C)C(=O)OC(C)(C)C. The molecule has 20 heavy (non-hydrogen) atoms. The van der Waals surface area contributed by atoms with Gasteiger partial charge in [-0.25, -0.2) is 4.79 Å². The van der Waals surface area contributed by atoms with Crippen LogP contribution in [0.15, 0.2) is 24.3 Å². The number of ether oxygens (including phenoxy) is 1. The van der Waals surface area contributed by atoms with E-state index in [1.165, 1.54) is 0 Å². The summed E-state index contributed by atoms with van der Waals surface area (Å²) in [6.45, 7) is 8.98. The van der Waals surface area contributed by atoms with Gasteiger partial charge in [0, 0.05) is 0 Å². The highest BCUT2D eigenvalue weighted by molar-refractivity contribution is 5.85. The largest absolute Gasteiger partial charge is 0.458 e. The zero-order valence-electron chi connectivity index (χ0n) is 12.8. The summed E-state index contributed by atoms with van der Waals surface area (Å²) in [6.07, 6.45) is 0.264. The molecule has 0 unspecified atom stereocenters. The highest BCUT2D eigenvalue weighted by atomic mass is 16.6. The lowest BCUT2D eigenvalue weighted by Gasteiger charge is -2.22. The summed E-state index contributed by atoms with van der Waals surface area (Å²) < 4.78 is 5.22. The number of nitrogens with one attached hydrogen (secondary N) is 1. The monoisotopic (exact) mass is 277 g/mol. The van der Waals surface area contributed by atoms with E-state index in [0.29, 0.717) is 0 Å². The van der Waals surface area contributed by atoms with Gasteiger partial charge in [0.1, 0.15) is 11.6 Å². The third kappa shape index (κ3) is 5.43. The number of aryl methyl sites for hydroxylation is 1. The molecule has 1 aromatic rings. The van der Waals surface area contributed by atoms with Crippen molar-refractivity contribution >= 4 is 11.9 Å². The van der Waals surface area contributed by atoms with Crippen molar-refractivity contribution in [2.24, 2.45) is 0 Å². The van der Waals surface area contributed by atoms with E-state index in [0.717, 1.165) is 11.1 Å². The van der Waals surface area contributed by atoms with E-state index >= 15 is 0 Å². The van der Waals surface area contributed by atoms with Crippen LogP contribution in [0.2, 0.25) is 0 Å². The third-order valence-corrected chi connectivity index (χ3v) is 2.75. The highest BCUT2D eigenvalue weighted by Gasteiger charge is 2.22. The van der Waals surface area contributed by atoms with Crippen LogP contribution in [0, 0.1) is 6.92 Å². The number of hydrogen-bond acceptors (Lipinski definition) is 3. The van der Waals surface area contributed by atoms with Gasteiger partial charge >= 0.3 is 5.97 Å². The van der Waals surface area contributed by atoms with Gasteiger partial charge in [-0.1, -0.05) is 24.3 Å². The molecule has 1 atom stereocenters. The van der Waals surface area contributed by atoms with Gasteiger partial charge in [0.15, 0.2) is 0 Å². The van der Waals surface area contributed by atoms with Crippen LogP contribution in [-0.2, 0) is 20.7 Å². The summed E-state index contributed by atoms with van der Waals surface area (Å²) in [4.78, 5) is 23.7. The van der Waals surface area contributed by atoms with Crippen molar-refractivity contribution in [3.63, 3.8) is 0 Å². The number of carbonyl (C=O) groups is 2. The Morgan fingerprint density at radius 3 is 2.40 bits per heavy atom. The highest BCUT2D eigenvalue weighted by Crippen LogP contribution is 2.10. The zero-order chi connectivity index (χ0) is 15.3. The van der Waals surface area contributed by atoms with Gasteiger partial charge in [-0.3, -0.25) is 4.79 Å². The second-order valence-corrected chi connectivity index (χ2v) is 5.93. The topological polar surface area (TPSA) is 55.4 Å². The van der Waals surface area contributed by atoms with Crippen LogP contribution < -0.4 is 5.32 Å². The summed E-state index contributed by atoms with van der Waals surface area (Å²) in [6, 6.07) is 7.05. The number of benzene rings is 1. The van der Waals surface area contributed by atoms with Crippen LogP contribution in [0.3, 0.4) is 0 Å². The minimum atomic E-state index is -0.647. The lowest BCUT2D eigenvalue weighted by atomic mass is 10.1. The molecule has 0 saturated heterocycles. The van der Waals surface area contributed by atoms with Crippen LogP contribution in [0.4, 0.5) is 0 Å². The first-order valence-corrected chi connectivity index (χ1v) is 6.76. The molecular formula is C16H23NO3. The second-order valence-electron chi connectivity index (χ2n) is 5.93. The fourth-order valence-corrected chi connectivity index (χ4v) is 1.72. The van der Waals surface area contributed by atoms with Crippen LogP contribution in [-0.4, -0.2) is 23.5 Å². The Morgan fingerprint density at radius 1 is 1.25 bits per heavy atom. The predicted octanol–water partition coefficient (Wildman–Crippen LogP) is 2.38. The van der Waals surface area contributed by atoms with E-state index in [9.17, 15) is 9.59 Å². The van der Waals surface area contributed by atoms with Crippen molar-refractivity contribution < 1.29 is 14.3 Å². The quantitative estimate of drug-likeness (QED) is 0.860. The maximum Gasteiger partial charge on any atom is 0.328 e. The molecule has 0 aliphatic heterocycles. The van der Waals surface area contributed by atoms with Gasteiger partial charge < -0.3 is 10.1 Å². The smallest absolute Gasteiger partial charge is 0.328 e. The predicted molar refractivity (Wildman–Crippen MR) is 78.3 cm³/mol. The van der Waals surface area contributed by atoms with Crippen LogP contribution in [0.1, 0.15) is 38.8 Å². The molecule has 4 heteroatoms. The van der Waals surface area contributed by atoms with Crippen molar-refractivity contribution in [1.82, 2.24) is 5.32 Å². The lowest BCUT2D eigenvalue weighted by molar-refractivity contribution is -0.158. The van der Waals surface area contributed by atoms with Gasteiger partial charge in [0.2, 0.25) is 5.91 Å². The van der Waals surface area contributed by atoms with Gasteiger partial charge in [-0.15, -0.1) is 0 Å². The number of amides is 1. The molecule has 1 N–H and O–H groups in total. The first-order chi connectivity index (χ1) is 9.19. The molecule has 0 saturated carbocycles. The molecule has 0 bridgehead atoms. The molecular weight excluding hydrogens is 254 g/mol. The lowest BCUT2D eigenvalue weighted by Crippen LogP contribution is -2.42. The Morgan fingerprint density at radius 2 is 1.85 bits per heavy atom. The van der Waals surface area contributed by atoms with Crippen molar-refractivity contribution in [1.29, 1.82) is 0 Å². The van der Waals surface area contributed by atoms with Crippen LogP contribution in [0.25, 0.3) is 0 Å². The Labute approximate surface area is 120 Å². The van der Waals surface area contributed by atoms with Crippen molar-refractivity contribution in [2.75, 3.05) is 0 Å². The Balaban J connectivity index is 2.54. The molecule has 110 valence electrons. The van der Waals surface area contributed by atoms with Crippen LogP contribution in [0.5, 0.6) is 0 Å². The standard InChI is InChI=1S/C16H23NO3/c1-11-8-6-7-9-13(11)10-14(18)17-12(2)15(19)20-16(3,4)5/h6-9,12H,10H2,1-5H3,(H,17,18)/t12-/m0/s1. The van der Waals surface area contributed by atoms with Gasteiger partial charge in [-0.05, 0) is 45.7 Å². The molecule has 0 radical (unpaired) electrons. The molecule has 0 aliphatic carbocycles. The number of carbonyl (C=O) groups excluding carboxylic acids is 2. The normalized spacial score (nSPS) is 12.7. The van der Waals surface area contributed by atoms with Gasteiger partial charge in [-0.2, -0.15) is 0 Å². The summed E-state index contributed by atoms with van der Waals surface area (Å²) in [5.74, 6) is -0.603. The molecule has 0 heterocycles. The zero-order valence-corrected chi connectivity index (χ0v) is 12.8. The van der Waals surface area contributed by atoms with Crippen LogP contribution >= 0.6 is 0 Å². The molecule has 1 rings (SSSR count). The first-order valence-electron chi connectivity index (χ1n) is 6.76. The van der Waals surface area contributed by atoms with Gasteiger partial charge in [0.25, 0.3) is 0 Å². The van der Waals surface area contributed by atoms with Crippen molar-refractivity contribution in [3.05, 3.63) is 35.4 Å². The van der Waals surface area contributed by atoms with E-state index in [1.807, 2.05) is 31.2 Å². The number of rotatable bonds is 4. The van der Waals surface area contributed by atoms with E-state index in [4.69, 9.17) is 4.74 Å². The summed E-state index contributed by atoms with van der Waals surface area (Å²) in [5.41, 5.74) is 1.47. The van der Waals surface area contributed by atoms with Gasteiger partial charge in [0.05, 0.1) is 6.42 Å². The molecule has 4 nitrogen and oxygen atoms in total. The van der Waals surface area contributed by atoms with E-state index < -0.39 is 17.6 Å². The third-order valence-electron chi connectivity index (χ3n) is 2.75. The second kappa shape index (κ2) is 6.55. The summed E-state index contributed by atoms with van der Waals surface area (Å²) in [7, 11) is 0. The summed E-state index contributed by atoms with van der Waals surface area (Å²) in [5, 5.41) is 2.66. The molecule has 1 amide bonds. The molecule has 0 aromatic heterocycles. The van der Waals surface area contributed by atoms with Crippen molar-refractivity contribution in [2.45, 2.75) is 52.7 Å². The average molecular weight is 277 g/mol. The number of hydrogen-bond donors (Lipinski definition) is 1. The molecule has 0 aliphatic rings. The number of esters is 1. The fraction of sp³-hybridized carbons (Fsp3) is 0.500. The Kier molecular flexibility index (Phi) is 5.31. The maximum absolute atomic E-state index is 11.9. The summed E-state index contributed by atoms with van der Waals surface area (Å²) >= 11 is 0. The Bertz CT molecular complexity index is 489. The Hall–Kier alpha value is -1.84. The molecule has 0 spiro atoms. The average Bonchev–Trinajstić information content (AvgIpc) is 2.29. The van der Waals surface area contributed by atoms with E-state index in [2.05, 4.69) is 5.32 Å². The fourth-order valence-electron chi connectivity index (χ4n) is 1.72. The first kappa shape index (κ1) is 16.2. The minimum Gasteiger partial charge on any atom is -0.458 e. The van der Waals surface area contributed by atoms with E-state index in [-0.39, 0.29) is 12.3 Å². The minimum absolute atomic E-state index is 0.183. The van der Waals surface area contributed by atoms with E-state index in [1.54, 1.807) is 27.7 Å².